The van der Waals surface area contributed by atoms with E-state index in [0.29, 0.717) is 5.69 Å². The van der Waals surface area contributed by atoms with Crippen LogP contribution in [-0.2, 0) is 17.9 Å². The highest BCUT2D eigenvalue weighted by atomic mass is 79.9. The van der Waals surface area contributed by atoms with Crippen LogP contribution in [0, 0.1) is 18.6 Å². The predicted molar refractivity (Wildman–Crippen MR) is 123 cm³/mol. The monoisotopic (exact) mass is 561 g/mol. The summed E-state index contributed by atoms with van der Waals surface area (Å²) in [5.41, 5.74) is -0.143. The maximum atomic E-state index is 14.1. The molecule has 3 rings (SSSR count). The van der Waals surface area contributed by atoms with E-state index in [0.717, 1.165) is 22.3 Å². The number of aldehydes is 1. The number of hydrogen-bond acceptors (Lipinski definition) is 4. The Kier molecular flexibility index (Phi) is 9.66. The number of nitrogens with zero attached hydrogens (tertiary/aromatic N) is 2. The van der Waals surface area contributed by atoms with Gasteiger partial charge >= 0.3 is 11.9 Å². The quantitative estimate of drug-likeness (QED) is 0.363. The van der Waals surface area contributed by atoms with Gasteiger partial charge in [-0.05, 0) is 47.6 Å². The summed E-state index contributed by atoms with van der Waals surface area (Å²) < 4.78 is 61.9. The van der Waals surface area contributed by atoms with E-state index in [2.05, 4.69) is 21.2 Å². The molecule has 0 aliphatic carbocycles. The molecule has 1 aromatic heterocycles. The van der Waals surface area contributed by atoms with Crippen LogP contribution in [0.5, 0.6) is 0 Å². The fraction of sp³-hybridized carbons (Fsp3) is 0.261. The first-order valence-corrected chi connectivity index (χ1v) is 10.9. The van der Waals surface area contributed by atoms with Crippen LogP contribution in [0.1, 0.15) is 22.9 Å². The minimum atomic E-state index is -4.64. The molecule has 0 aliphatic heterocycles. The van der Waals surface area contributed by atoms with E-state index in [1.807, 2.05) is 30.3 Å². The summed E-state index contributed by atoms with van der Waals surface area (Å²) in [5.74, 6) is -1.50. The molecule has 0 spiro atoms. The lowest BCUT2D eigenvalue weighted by molar-refractivity contribution is -0.156. The number of alkyl halides is 3. The van der Waals surface area contributed by atoms with Gasteiger partial charge in [-0.1, -0.05) is 36.4 Å². The highest BCUT2D eigenvalue weighted by Crippen LogP contribution is 2.17. The van der Waals surface area contributed by atoms with Crippen LogP contribution >= 0.6 is 15.9 Å². The van der Waals surface area contributed by atoms with Gasteiger partial charge in [0.15, 0.2) is 0 Å². The van der Waals surface area contributed by atoms with Gasteiger partial charge in [-0.3, -0.25) is 18.7 Å². The minimum absolute atomic E-state index is 0.0663. The van der Waals surface area contributed by atoms with E-state index in [-0.39, 0.29) is 29.2 Å². The molecule has 6 nitrogen and oxygen atoms in total. The number of hydrogen-bond donors (Lipinski definition) is 1. The van der Waals surface area contributed by atoms with Gasteiger partial charge in [0.1, 0.15) is 16.1 Å². The fourth-order valence-corrected chi connectivity index (χ4v) is 3.62. The molecule has 0 fully saturated rings. The van der Waals surface area contributed by atoms with Crippen molar-refractivity contribution in [2.45, 2.75) is 32.2 Å². The van der Waals surface area contributed by atoms with Crippen LogP contribution in [0.4, 0.5) is 22.0 Å². The molecule has 0 aliphatic rings. The van der Waals surface area contributed by atoms with Crippen LogP contribution in [0.2, 0.25) is 0 Å². The molecule has 1 N–H and O–H groups in total. The van der Waals surface area contributed by atoms with Crippen molar-refractivity contribution in [2.24, 2.45) is 0 Å². The van der Waals surface area contributed by atoms with Crippen molar-refractivity contribution in [3.05, 3.63) is 102 Å². The summed E-state index contributed by atoms with van der Waals surface area (Å²) in [6.07, 6.45) is -5.70. The first-order chi connectivity index (χ1) is 16.4. The minimum Gasteiger partial charge on any atom is -0.312 e. The molecule has 0 bridgehead atoms. The molecule has 0 amide bonds. The van der Waals surface area contributed by atoms with Crippen molar-refractivity contribution in [2.75, 3.05) is 7.05 Å². The van der Waals surface area contributed by atoms with Crippen LogP contribution < -0.4 is 16.6 Å². The lowest BCUT2D eigenvalue weighted by Crippen LogP contribution is -2.44. The molecular weight excluding hydrogens is 541 g/mol. The first kappa shape index (κ1) is 28.1. The summed E-state index contributed by atoms with van der Waals surface area (Å²) in [4.78, 5) is 34.6. The van der Waals surface area contributed by atoms with Gasteiger partial charge in [-0.25, -0.2) is 13.6 Å². The number of likely N-dealkylation sites (N-methyl/N-ethyl adjacent to an activating group) is 1. The van der Waals surface area contributed by atoms with Crippen molar-refractivity contribution >= 4 is 22.2 Å². The van der Waals surface area contributed by atoms with Gasteiger partial charge in [0, 0.05) is 11.3 Å². The summed E-state index contributed by atoms with van der Waals surface area (Å²) in [6, 6.07) is 12.6. The topological polar surface area (TPSA) is 73.1 Å². The average molecular weight is 562 g/mol. The van der Waals surface area contributed by atoms with Gasteiger partial charge in [0.25, 0.3) is 5.56 Å². The number of nitrogens with one attached hydrogen (secondary N) is 1. The SMILES string of the molecule is CN[C@@H](Cn1c(=O)c(Br)c(C)n(Cc2c(F)cccc2F)c1=O)c1ccccc1.O=CC(F)(F)F. The molecule has 0 unspecified atom stereocenters. The third-order valence-electron chi connectivity index (χ3n) is 5.04. The predicted octanol–water partition coefficient (Wildman–Crippen LogP) is 4.12. The Morgan fingerprint density at radius 3 is 2.03 bits per heavy atom. The third kappa shape index (κ3) is 7.18. The van der Waals surface area contributed by atoms with E-state index in [4.69, 9.17) is 4.79 Å². The van der Waals surface area contributed by atoms with Crippen molar-refractivity contribution in [1.29, 1.82) is 0 Å². The molecule has 1 heterocycles. The van der Waals surface area contributed by atoms with Crippen LogP contribution in [-0.4, -0.2) is 28.6 Å². The smallest absolute Gasteiger partial charge is 0.312 e. The van der Waals surface area contributed by atoms with E-state index < -0.39 is 35.3 Å². The number of carbonyl (C=O) groups excluding carboxylic acids is 1. The summed E-state index contributed by atoms with van der Waals surface area (Å²) in [6.45, 7) is 1.30. The lowest BCUT2D eigenvalue weighted by Gasteiger charge is -2.20. The Morgan fingerprint density at radius 2 is 1.54 bits per heavy atom. The van der Waals surface area contributed by atoms with Crippen molar-refractivity contribution < 1.29 is 26.7 Å². The van der Waals surface area contributed by atoms with Crippen LogP contribution in [0.3, 0.4) is 0 Å². The molecule has 3 aromatic rings. The zero-order valence-corrected chi connectivity index (χ0v) is 20.2. The second kappa shape index (κ2) is 12.0. The maximum Gasteiger partial charge on any atom is 0.446 e. The normalized spacial score (nSPS) is 12.0. The highest BCUT2D eigenvalue weighted by Gasteiger charge is 2.25. The maximum absolute atomic E-state index is 14.1. The third-order valence-corrected chi connectivity index (χ3v) is 5.96. The van der Waals surface area contributed by atoms with E-state index in [1.165, 1.54) is 10.6 Å². The largest absolute Gasteiger partial charge is 0.446 e. The van der Waals surface area contributed by atoms with Crippen molar-refractivity contribution in [3.8, 4) is 0 Å². The molecule has 35 heavy (non-hydrogen) atoms. The average Bonchev–Trinajstić information content (AvgIpc) is 2.83. The standard InChI is InChI=1S/C21H20BrF2N3O2.C2HF3O/c1-13-19(22)20(28)27(12-18(25-2)14-7-4-3-5-8-14)21(29)26(13)11-15-16(23)9-6-10-17(15)24;3-2(4,5)1-6/h3-10,18,25H,11-12H2,1-2H3;1H/t18-;/m0./s1. The van der Waals surface area contributed by atoms with E-state index in [9.17, 15) is 31.5 Å². The van der Waals surface area contributed by atoms with Gasteiger partial charge < -0.3 is 5.32 Å². The number of carbonyl (C=O) groups is 1. The van der Waals surface area contributed by atoms with Gasteiger partial charge in [0.2, 0.25) is 6.29 Å². The Balaban J connectivity index is 0.000000641. The van der Waals surface area contributed by atoms with Crippen molar-refractivity contribution in [3.63, 3.8) is 0 Å². The number of aromatic nitrogens is 2. The molecule has 0 saturated carbocycles. The fourth-order valence-electron chi connectivity index (χ4n) is 3.19. The second-order valence-electron chi connectivity index (χ2n) is 7.30. The molecule has 1 atom stereocenters. The number of rotatable bonds is 6. The molecule has 0 radical (unpaired) electrons. The van der Waals surface area contributed by atoms with Crippen molar-refractivity contribution in [1.82, 2.24) is 14.5 Å². The molecular formula is C23H21BrF5N3O3. The van der Waals surface area contributed by atoms with Gasteiger partial charge in [-0.15, -0.1) is 0 Å². The molecule has 188 valence electrons. The zero-order valence-electron chi connectivity index (χ0n) is 18.6. The summed E-state index contributed by atoms with van der Waals surface area (Å²) in [5, 5.41) is 3.10. The Morgan fingerprint density at radius 1 is 1.00 bits per heavy atom. The van der Waals surface area contributed by atoms with Crippen LogP contribution in [0.15, 0.2) is 62.6 Å². The summed E-state index contributed by atoms with van der Waals surface area (Å²) >= 11 is 3.23. The van der Waals surface area contributed by atoms with Crippen LogP contribution in [0.25, 0.3) is 0 Å². The highest BCUT2D eigenvalue weighted by molar-refractivity contribution is 9.10. The Labute approximate surface area is 205 Å². The summed E-state index contributed by atoms with van der Waals surface area (Å²) in [7, 11) is 1.74. The zero-order chi connectivity index (χ0) is 26.3. The van der Waals surface area contributed by atoms with Gasteiger partial charge in [-0.2, -0.15) is 13.2 Å². The molecule has 12 heteroatoms. The lowest BCUT2D eigenvalue weighted by atomic mass is 10.1. The van der Waals surface area contributed by atoms with E-state index >= 15 is 0 Å². The molecule has 0 saturated heterocycles. The first-order valence-electron chi connectivity index (χ1n) is 10.1. The van der Waals surface area contributed by atoms with E-state index in [1.54, 1.807) is 14.0 Å². The number of benzene rings is 2. The van der Waals surface area contributed by atoms with Gasteiger partial charge in [0.05, 0.1) is 19.1 Å². The second-order valence-corrected chi connectivity index (χ2v) is 8.09. The number of halogens is 6. The Bertz CT molecular complexity index is 1270. The molecule has 2 aromatic carbocycles. The Hall–Kier alpha value is -3.12.